The van der Waals surface area contributed by atoms with Crippen LogP contribution >= 0.6 is 11.8 Å². The molecule has 35 heavy (non-hydrogen) atoms. The van der Waals surface area contributed by atoms with Crippen LogP contribution < -0.4 is 0 Å². The van der Waals surface area contributed by atoms with E-state index in [2.05, 4.69) is 39.4 Å². The van der Waals surface area contributed by atoms with Crippen LogP contribution in [0.2, 0.25) is 0 Å². The zero-order valence-corrected chi connectivity index (χ0v) is 20.5. The number of hydrogen-bond acceptors (Lipinski definition) is 5. The summed E-state index contributed by atoms with van der Waals surface area (Å²) < 4.78 is 2.04. The Hall–Kier alpha value is -3.42. The van der Waals surface area contributed by atoms with E-state index in [1.165, 1.54) is 17.3 Å². The lowest BCUT2D eigenvalue weighted by atomic mass is 10.2. The first kappa shape index (κ1) is 23.3. The molecule has 2 heterocycles. The Morgan fingerprint density at radius 2 is 1.46 bits per heavy atom. The molecule has 1 aliphatic heterocycles. The minimum atomic E-state index is 0.153. The summed E-state index contributed by atoms with van der Waals surface area (Å²) in [6, 6.07) is 30.7. The molecule has 1 aromatic heterocycles. The highest BCUT2D eigenvalue weighted by Gasteiger charge is 2.22. The number of thioether (sulfide) groups is 1. The molecule has 7 heteroatoms. The number of carbonyl (C=O) groups is 1. The number of para-hydroxylation sites is 1. The van der Waals surface area contributed by atoms with E-state index in [-0.39, 0.29) is 5.91 Å². The van der Waals surface area contributed by atoms with Crippen molar-refractivity contribution in [3.63, 3.8) is 0 Å². The first-order chi connectivity index (χ1) is 17.3. The van der Waals surface area contributed by atoms with Crippen LogP contribution in [-0.2, 0) is 11.3 Å². The molecule has 1 saturated heterocycles. The van der Waals surface area contributed by atoms with Gasteiger partial charge in [0.2, 0.25) is 5.91 Å². The molecule has 0 spiro atoms. The minimum absolute atomic E-state index is 0.153. The standard InChI is InChI=1S/C28H29N5OS/c34-26(32-18-10-17-31(19-20-32)21-23-11-4-1-5-12-23)22-35-28-30-29-27(24-13-6-2-7-14-24)33(28)25-15-8-3-9-16-25/h1-9,11-16H,10,17-22H2. The van der Waals surface area contributed by atoms with E-state index >= 15 is 0 Å². The van der Waals surface area contributed by atoms with Crippen LogP contribution in [0.15, 0.2) is 96.2 Å². The molecule has 5 rings (SSSR count). The number of rotatable bonds is 7. The van der Waals surface area contributed by atoms with Crippen molar-refractivity contribution in [2.45, 2.75) is 18.1 Å². The van der Waals surface area contributed by atoms with Crippen molar-refractivity contribution in [3.05, 3.63) is 96.6 Å². The third kappa shape index (κ3) is 5.81. The quantitative estimate of drug-likeness (QED) is 0.355. The van der Waals surface area contributed by atoms with Crippen molar-refractivity contribution in [1.29, 1.82) is 0 Å². The molecule has 0 N–H and O–H groups in total. The van der Waals surface area contributed by atoms with Crippen molar-refractivity contribution in [3.8, 4) is 17.1 Å². The van der Waals surface area contributed by atoms with E-state index in [1.807, 2.05) is 76.2 Å². The van der Waals surface area contributed by atoms with E-state index in [0.717, 1.165) is 61.4 Å². The number of benzene rings is 3. The highest BCUT2D eigenvalue weighted by molar-refractivity contribution is 7.99. The summed E-state index contributed by atoms with van der Waals surface area (Å²) in [5.74, 6) is 1.27. The maximum atomic E-state index is 13.1. The average Bonchev–Trinajstić information content (AvgIpc) is 3.20. The smallest absolute Gasteiger partial charge is 0.233 e. The van der Waals surface area contributed by atoms with Gasteiger partial charge < -0.3 is 4.90 Å². The Balaban J connectivity index is 1.26. The third-order valence-electron chi connectivity index (χ3n) is 6.19. The van der Waals surface area contributed by atoms with Gasteiger partial charge in [0.25, 0.3) is 0 Å². The molecule has 0 bridgehead atoms. The fraction of sp³-hybridized carbons (Fsp3) is 0.250. The third-order valence-corrected chi connectivity index (χ3v) is 7.11. The van der Waals surface area contributed by atoms with E-state index in [1.54, 1.807) is 0 Å². The monoisotopic (exact) mass is 483 g/mol. The van der Waals surface area contributed by atoms with Crippen LogP contribution in [0, 0.1) is 0 Å². The summed E-state index contributed by atoms with van der Waals surface area (Å²) in [5.41, 5.74) is 3.29. The lowest BCUT2D eigenvalue weighted by molar-refractivity contribution is -0.128. The van der Waals surface area contributed by atoms with Gasteiger partial charge in [-0.2, -0.15) is 0 Å². The van der Waals surface area contributed by atoms with E-state index < -0.39 is 0 Å². The second kappa shape index (κ2) is 11.3. The van der Waals surface area contributed by atoms with E-state index in [9.17, 15) is 4.79 Å². The molecule has 4 aromatic rings. The first-order valence-electron chi connectivity index (χ1n) is 12.0. The summed E-state index contributed by atoms with van der Waals surface area (Å²) in [7, 11) is 0. The Morgan fingerprint density at radius 1 is 0.771 bits per heavy atom. The second-order valence-electron chi connectivity index (χ2n) is 8.63. The highest BCUT2D eigenvalue weighted by atomic mass is 32.2. The Morgan fingerprint density at radius 3 is 2.20 bits per heavy atom. The van der Waals surface area contributed by atoms with Gasteiger partial charge in [0, 0.05) is 44.0 Å². The Labute approximate surface area is 210 Å². The fourth-order valence-corrected chi connectivity index (χ4v) is 5.24. The molecule has 0 unspecified atom stereocenters. The van der Waals surface area contributed by atoms with Gasteiger partial charge >= 0.3 is 0 Å². The van der Waals surface area contributed by atoms with Crippen LogP contribution in [0.1, 0.15) is 12.0 Å². The normalized spacial score (nSPS) is 14.6. The molecule has 1 amide bonds. The summed E-state index contributed by atoms with van der Waals surface area (Å²) in [6.07, 6.45) is 0.988. The number of aromatic nitrogens is 3. The molecule has 0 atom stereocenters. The second-order valence-corrected chi connectivity index (χ2v) is 9.57. The van der Waals surface area contributed by atoms with Crippen molar-refractivity contribution in [1.82, 2.24) is 24.6 Å². The summed E-state index contributed by atoms with van der Waals surface area (Å²) in [4.78, 5) is 17.6. The molecule has 178 valence electrons. The van der Waals surface area contributed by atoms with Gasteiger partial charge in [-0.15, -0.1) is 10.2 Å². The predicted molar refractivity (Wildman–Crippen MR) is 140 cm³/mol. The lowest BCUT2D eigenvalue weighted by Gasteiger charge is -2.22. The summed E-state index contributed by atoms with van der Waals surface area (Å²) in [6.45, 7) is 4.39. The van der Waals surface area contributed by atoms with Gasteiger partial charge in [-0.05, 0) is 24.1 Å². The zero-order valence-electron chi connectivity index (χ0n) is 19.7. The van der Waals surface area contributed by atoms with E-state index in [4.69, 9.17) is 0 Å². The summed E-state index contributed by atoms with van der Waals surface area (Å²) in [5, 5.41) is 9.66. The van der Waals surface area contributed by atoms with Crippen LogP contribution in [-0.4, -0.2) is 62.4 Å². The molecule has 0 saturated carbocycles. The van der Waals surface area contributed by atoms with Gasteiger partial charge in [-0.1, -0.05) is 90.6 Å². The fourth-order valence-electron chi connectivity index (χ4n) is 4.39. The van der Waals surface area contributed by atoms with Crippen molar-refractivity contribution >= 4 is 17.7 Å². The molecule has 0 aliphatic carbocycles. The number of carbonyl (C=O) groups excluding carboxylic acids is 1. The lowest BCUT2D eigenvalue weighted by Crippen LogP contribution is -2.36. The predicted octanol–water partition coefficient (Wildman–Crippen LogP) is 4.76. The number of hydrogen-bond donors (Lipinski definition) is 0. The van der Waals surface area contributed by atoms with Crippen molar-refractivity contribution in [2.24, 2.45) is 0 Å². The largest absolute Gasteiger partial charge is 0.341 e. The maximum Gasteiger partial charge on any atom is 0.233 e. The van der Waals surface area contributed by atoms with Crippen LogP contribution in [0.25, 0.3) is 17.1 Å². The van der Waals surface area contributed by atoms with Crippen molar-refractivity contribution < 1.29 is 4.79 Å². The number of amides is 1. The molecular formula is C28H29N5OS. The maximum absolute atomic E-state index is 13.1. The average molecular weight is 484 g/mol. The summed E-state index contributed by atoms with van der Waals surface area (Å²) >= 11 is 1.45. The molecule has 3 aromatic carbocycles. The van der Waals surface area contributed by atoms with Crippen LogP contribution in [0.5, 0.6) is 0 Å². The van der Waals surface area contributed by atoms with Crippen LogP contribution in [0.3, 0.4) is 0 Å². The molecule has 1 aliphatic rings. The Bertz CT molecular complexity index is 1230. The highest BCUT2D eigenvalue weighted by Crippen LogP contribution is 2.28. The van der Waals surface area contributed by atoms with Crippen molar-refractivity contribution in [2.75, 3.05) is 31.9 Å². The minimum Gasteiger partial charge on any atom is -0.341 e. The SMILES string of the molecule is O=C(CSc1nnc(-c2ccccc2)n1-c1ccccc1)N1CCCN(Cc2ccccc2)CC1. The molecule has 0 radical (unpaired) electrons. The Kier molecular flexibility index (Phi) is 7.56. The van der Waals surface area contributed by atoms with Crippen LogP contribution in [0.4, 0.5) is 0 Å². The first-order valence-corrected chi connectivity index (χ1v) is 13.0. The van der Waals surface area contributed by atoms with E-state index in [0.29, 0.717) is 5.75 Å². The van der Waals surface area contributed by atoms with Gasteiger partial charge in [0.1, 0.15) is 0 Å². The van der Waals surface area contributed by atoms with Gasteiger partial charge in [0.05, 0.1) is 5.75 Å². The number of nitrogens with zero attached hydrogens (tertiary/aromatic N) is 5. The van der Waals surface area contributed by atoms with Gasteiger partial charge in [0.15, 0.2) is 11.0 Å². The zero-order chi connectivity index (χ0) is 23.9. The molecule has 1 fully saturated rings. The van der Waals surface area contributed by atoms with Gasteiger partial charge in [-0.3, -0.25) is 14.3 Å². The topological polar surface area (TPSA) is 54.3 Å². The molecule has 6 nitrogen and oxygen atoms in total. The van der Waals surface area contributed by atoms with Gasteiger partial charge in [-0.25, -0.2) is 0 Å². The molecular weight excluding hydrogens is 454 g/mol.